The molecule has 0 N–H and O–H groups in total. The van der Waals surface area contributed by atoms with Crippen molar-refractivity contribution in [2.45, 2.75) is 0 Å². The van der Waals surface area contributed by atoms with Crippen molar-refractivity contribution in [1.82, 2.24) is 14.9 Å². The second-order valence-electron chi connectivity index (χ2n) is 6.97. The van der Waals surface area contributed by atoms with Crippen molar-refractivity contribution in [3.05, 3.63) is 70.8 Å². The maximum absolute atomic E-state index is 12.9. The Hall–Kier alpha value is -3.52. The highest BCUT2D eigenvalue weighted by Crippen LogP contribution is 2.24. The van der Waals surface area contributed by atoms with Gasteiger partial charge in [0.15, 0.2) is 0 Å². The van der Waals surface area contributed by atoms with E-state index >= 15 is 0 Å². The first-order valence-electron chi connectivity index (χ1n) is 9.24. The maximum atomic E-state index is 12.9. The van der Waals surface area contributed by atoms with Crippen molar-refractivity contribution >= 4 is 23.7 Å². The number of likely N-dealkylation sites (N-methyl/N-ethyl adjacent to an activating group) is 1. The number of rotatable bonds is 3. The molecule has 0 aromatic heterocycles. The zero-order valence-electron chi connectivity index (χ0n) is 15.8. The third kappa shape index (κ3) is 3.38. The van der Waals surface area contributed by atoms with Gasteiger partial charge in [0.1, 0.15) is 0 Å². The van der Waals surface area contributed by atoms with Gasteiger partial charge in [0, 0.05) is 26.2 Å². The molecule has 0 unspecified atom stereocenters. The van der Waals surface area contributed by atoms with Crippen LogP contribution < -0.4 is 0 Å². The predicted octanol–water partition coefficient (Wildman–Crippen LogP) is 1.44. The summed E-state index contributed by atoms with van der Waals surface area (Å²) >= 11 is 0. The van der Waals surface area contributed by atoms with Gasteiger partial charge in [-0.3, -0.25) is 14.4 Å². The van der Waals surface area contributed by atoms with Crippen LogP contribution in [-0.2, 0) is 4.84 Å². The molecule has 8 nitrogen and oxygen atoms in total. The van der Waals surface area contributed by atoms with Gasteiger partial charge in [-0.05, 0) is 31.3 Å². The van der Waals surface area contributed by atoms with Crippen LogP contribution in [0.5, 0.6) is 0 Å². The fraction of sp³-hybridized carbons (Fsp3) is 0.238. The quantitative estimate of drug-likeness (QED) is 0.734. The topological polar surface area (TPSA) is 87.2 Å². The van der Waals surface area contributed by atoms with E-state index in [1.165, 1.54) is 18.2 Å². The highest BCUT2D eigenvalue weighted by molar-refractivity contribution is 6.21. The number of nitrogens with zero attached hydrogens (tertiary/aromatic N) is 3. The molecule has 1 saturated heterocycles. The molecule has 2 aromatic carbocycles. The number of hydrogen-bond acceptors (Lipinski definition) is 6. The Balaban J connectivity index is 1.55. The maximum Gasteiger partial charge on any atom is 0.364 e. The lowest BCUT2D eigenvalue weighted by atomic mass is 10.1. The first-order valence-corrected chi connectivity index (χ1v) is 9.24. The number of fused-ring (bicyclic) bond motifs is 1. The van der Waals surface area contributed by atoms with Crippen molar-refractivity contribution in [3.63, 3.8) is 0 Å². The minimum absolute atomic E-state index is 0.00739. The van der Waals surface area contributed by atoms with E-state index in [1.54, 1.807) is 35.2 Å². The molecule has 1 fully saturated rings. The highest BCUT2D eigenvalue weighted by Gasteiger charge is 2.39. The summed E-state index contributed by atoms with van der Waals surface area (Å²) in [6, 6.07) is 12.5. The summed E-state index contributed by atoms with van der Waals surface area (Å²) in [4.78, 5) is 59.4. The zero-order valence-corrected chi connectivity index (χ0v) is 15.8. The fourth-order valence-electron chi connectivity index (χ4n) is 3.41. The van der Waals surface area contributed by atoms with E-state index in [2.05, 4.69) is 4.90 Å². The molecule has 0 spiro atoms. The normalized spacial score (nSPS) is 16.7. The fourth-order valence-corrected chi connectivity index (χ4v) is 3.41. The minimum atomic E-state index is -0.933. The largest absolute Gasteiger partial charge is 0.364 e. The van der Waals surface area contributed by atoms with E-state index in [4.69, 9.17) is 4.84 Å². The van der Waals surface area contributed by atoms with E-state index in [1.807, 2.05) is 7.05 Å². The average Bonchev–Trinajstić information content (AvgIpc) is 2.99. The first kappa shape index (κ1) is 18.8. The SMILES string of the molecule is CN1CCN(C(=O)c2ccccc2C(=O)ON2C(=O)c3ccccc3C2=O)CC1. The number of carbonyl (C=O) groups is 4. The molecule has 2 aromatic rings. The minimum Gasteiger partial charge on any atom is -0.336 e. The summed E-state index contributed by atoms with van der Waals surface area (Å²) in [5.41, 5.74) is 0.533. The second kappa shape index (κ2) is 7.48. The van der Waals surface area contributed by atoms with E-state index < -0.39 is 17.8 Å². The second-order valence-corrected chi connectivity index (χ2v) is 6.97. The summed E-state index contributed by atoms with van der Waals surface area (Å²) in [6.45, 7) is 2.59. The van der Waals surface area contributed by atoms with E-state index in [9.17, 15) is 19.2 Å². The Morgan fingerprint density at radius 1 is 0.793 bits per heavy atom. The van der Waals surface area contributed by atoms with Crippen molar-refractivity contribution in [2.24, 2.45) is 0 Å². The van der Waals surface area contributed by atoms with Crippen LogP contribution in [-0.4, -0.2) is 71.8 Å². The van der Waals surface area contributed by atoms with E-state index in [-0.39, 0.29) is 28.2 Å². The Labute approximate surface area is 167 Å². The Morgan fingerprint density at radius 2 is 1.31 bits per heavy atom. The van der Waals surface area contributed by atoms with Crippen LogP contribution in [0.25, 0.3) is 0 Å². The van der Waals surface area contributed by atoms with Gasteiger partial charge in [-0.25, -0.2) is 4.79 Å². The number of carbonyl (C=O) groups excluding carboxylic acids is 4. The van der Waals surface area contributed by atoms with Gasteiger partial charge in [-0.1, -0.05) is 29.3 Å². The van der Waals surface area contributed by atoms with Crippen molar-refractivity contribution < 1.29 is 24.0 Å². The van der Waals surface area contributed by atoms with Crippen LogP contribution in [0.3, 0.4) is 0 Å². The summed E-state index contributed by atoms with van der Waals surface area (Å²) in [5.74, 6) is -2.63. The molecule has 2 heterocycles. The molecule has 0 atom stereocenters. The van der Waals surface area contributed by atoms with Gasteiger partial charge in [0.2, 0.25) is 0 Å². The molecular formula is C21H19N3O5. The summed E-state index contributed by atoms with van der Waals surface area (Å²) in [7, 11) is 1.98. The summed E-state index contributed by atoms with van der Waals surface area (Å²) in [5, 5.41) is 0.449. The van der Waals surface area contributed by atoms with Crippen LogP contribution in [0, 0.1) is 0 Å². The van der Waals surface area contributed by atoms with Crippen molar-refractivity contribution in [3.8, 4) is 0 Å². The molecule has 2 aliphatic rings. The number of piperazine rings is 1. The number of imide groups is 1. The van der Waals surface area contributed by atoms with Crippen molar-refractivity contribution in [2.75, 3.05) is 33.2 Å². The van der Waals surface area contributed by atoms with Gasteiger partial charge in [0.05, 0.1) is 22.3 Å². The smallest absolute Gasteiger partial charge is 0.336 e. The summed E-state index contributed by atoms with van der Waals surface area (Å²) < 4.78 is 0. The first-order chi connectivity index (χ1) is 14.0. The van der Waals surface area contributed by atoms with Crippen LogP contribution in [0.15, 0.2) is 48.5 Å². The van der Waals surface area contributed by atoms with Crippen LogP contribution >= 0.6 is 0 Å². The third-order valence-corrected chi connectivity index (χ3v) is 5.10. The molecule has 2 aliphatic heterocycles. The molecule has 0 radical (unpaired) electrons. The monoisotopic (exact) mass is 393 g/mol. The van der Waals surface area contributed by atoms with Crippen molar-refractivity contribution in [1.29, 1.82) is 0 Å². The van der Waals surface area contributed by atoms with Gasteiger partial charge in [0.25, 0.3) is 17.7 Å². The third-order valence-electron chi connectivity index (χ3n) is 5.10. The lowest BCUT2D eigenvalue weighted by Crippen LogP contribution is -2.47. The average molecular weight is 393 g/mol. The highest BCUT2D eigenvalue weighted by atomic mass is 16.7. The van der Waals surface area contributed by atoms with E-state index in [0.29, 0.717) is 18.2 Å². The molecule has 4 rings (SSSR count). The van der Waals surface area contributed by atoms with Crippen LogP contribution in [0.2, 0.25) is 0 Å². The molecule has 0 saturated carbocycles. The van der Waals surface area contributed by atoms with Gasteiger partial charge >= 0.3 is 5.97 Å². The Bertz CT molecular complexity index is 976. The molecule has 29 heavy (non-hydrogen) atoms. The van der Waals surface area contributed by atoms with E-state index in [0.717, 1.165) is 13.1 Å². The predicted molar refractivity (Wildman–Crippen MR) is 102 cm³/mol. The van der Waals surface area contributed by atoms with Crippen LogP contribution in [0.1, 0.15) is 41.4 Å². The lowest BCUT2D eigenvalue weighted by Gasteiger charge is -2.32. The standard InChI is InChI=1S/C21H19N3O5/c1-22-10-12-23(13-11-22)18(25)16-8-4-5-9-17(16)21(28)29-24-19(26)14-6-2-3-7-15(14)20(24)27/h2-9H,10-13H2,1H3. The number of hydrogen-bond donors (Lipinski definition) is 0. The summed E-state index contributed by atoms with van der Waals surface area (Å²) in [6.07, 6.45) is 0. The lowest BCUT2D eigenvalue weighted by molar-refractivity contribution is -0.0585. The molecular weight excluding hydrogens is 374 g/mol. The molecule has 8 heteroatoms. The Kier molecular flexibility index (Phi) is 4.85. The molecule has 3 amide bonds. The number of benzene rings is 2. The van der Waals surface area contributed by atoms with Gasteiger partial charge in [-0.2, -0.15) is 0 Å². The zero-order chi connectivity index (χ0) is 20.5. The number of hydroxylamine groups is 2. The molecule has 0 aliphatic carbocycles. The van der Waals surface area contributed by atoms with Gasteiger partial charge in [-0.15, -0.1) is 0 Å². The number of amides is 3. The molecule has 148 valence electrons. The molecule has 0 bridgehead atoms. The Morgan fingerprint density at radius 3 is 1.90 bits per heavy atom. The van der Waals surface area contributed by atoms with Gasteiger partial charge < -0.3 is 14.6 Å². The van der Waals surface area contributed by atoms with Crippen LogP contribution in [0.4, 0.5) is 0 Å².